The maximum Gasteiger partial charge on any atom is 0.374 e. The number of hydrogen-bond donors (Lipinski definition) is 0. The van der Waals surface area contributed by atoms with Crippen LogP contribution < -0.4 is 11.4 Å². The Hall–Kier alpha value is -5.20. The van der Waals surface area contributed by atoms with Crippen molar-refractivity contribution in [2.24, 2.45) is 10.2 Å². The van der Waals surface area contributed by atoms with Crippen LogP contribution in [-0.4, -0.2) is 53.2 Å². The number of aromatic nitrogens is 6. The van der Waals surface area contributed by atoms with Gasteiger partial charge in [-0.25, -0.2) is 9.59 Å². The fourth-order valence-corrected chi connectivity index (χ4v) is 4.40. The maximum absolute atomic E-state index is 12.8. The van der Waals surface area contributed by atoms with Gasteiger partial charge in [-0.3, -0.25) is 9.59 Å². The van der Waals surface area contributed by atoms with Crippen LogP contribution in [0.25, 0.3) is 0 Å². The zero-order valence-corrected chi connectivity index (χ0v) is 25.0. The molecule has 12 nitrogen and oxygen atoms in total. The van der Waals surface area contributed by atoms with Gasteiger partial charge in [0, 0.05) is 36.7 Å². The number of rotatable bonds is 8. The molecular formula is C30H24Cl2N8O4. The highest BCUT2D eigenvalue weighted by molar-refractivity contribution is 6.30. The minimum Gasteiger partial charge on any atom is -0.273 e. The van der Waals surface area contributed by atoms with Crippen LogP contribution in [0, 0.1) is 0 Å². The summed E-state index contributed by atoms with van der Waals surface area (Å²) in [6.45, 7) is 2.49. The molecule has 44 heavy (non-hydrogen) atoms. The molecule has 5 aromatic rings. The Bertz CT molecular complexity index is 1870. The van der Waals surface area contributed by atoms with Gasteiger partial charge in [0.15, 0.2) is 11.6 Å². The minimum atomic E-state index is -0.688. The zero-order chi connectivity index (χ0) is 31.4. The number of carbonyl (C=O) groups is 2. The Balaban J connectivity index is 1.38. The first kappa shape index (κ1) is 30.3. The van der Waals surface area contributed by atoms with Crippen molar-refractivity contribution in [3.8, 4) is 0 Å². The van der Waals surface area contributed by atoms with Gasteiger partial charge in [0.2, 0.25) is 11.8 Å². The Morgan fingerprint density at radius 3 is 1.30 bits per heavy atom. The highest BCUT2D eigenvalue weighted by atomic mass is 35.5. The Morgan fingerprint density at radius 1 is 0.636 bits per heavy atom. The fourth-order valence-electron chi connectivity index (χ4n) is 4.15. The Kier molecular flexibility index (Phi) is 8.93. The van der Waals surface area contributed by atoms with E-state index in [2.05, 4.69) is 20.4 Å². The summed E-state index contributed by atoms with van der Waals surface area (Å²) in [5.74, 6) is -0.514. The molecule has 3 aromatic carbocycles. The lowest BCUT2D eigenvalue weighted by Crippen LogP contribution is -2.27. The first-order valence-corrected chi connectivity index (χ1v) is 14.0. The van der Waals surface area contributed by atoms with E-state index in [0.29, 0.717) is 21.2 Å². The predicted molar refractivity (Wildman–Crippen MR) is 167 cm³/mol. The van der Waals surface area contributed by atoms with Crippen LogP contribution in [0.15, 0.2) is 92.6 Å². The molecule has 5 rings (SSSR count). The van der Waals surface area contributed by atoms with Crippen LogP contribution in [0.5, 0.6) is 0 Å². The van der Waals surface area contributed by atoms with Crippen LogP contribution in [0.1, 0.15) is 57.3 Å². The summed E-state index contributed by atoms with van der Waals surface area (Å²) in [6, 6.07) is 21.0. The third-order valence-corrected chi connectivity index (χ3v) is 6.88. The van der Waals surface area contributed by atoms with Crippen LogP contribution in [0.4, 0.5) is 0 Å². The van der Waals surface area contributed by atoms with Crippen molar-refractivity contribution < 1.29 is 9.59 Å². The fraction of sp³-hybridized carbons (Fsp3) is 0.133. The zero-order valence-electron chi connectivity index (χ0n) is 23.5. The lowest BCUT2D eigenvalue weighted by Gasteiger charge is -2.02. The molecular weight excluding hydrogens is 607 g/mol. The second-order valence-electron chi connectivity index (χ2n) is 9.65. The molecule has 222 valence electrons. The van der Waals surface area contributed by atoms with Crippen molar-refractivity contribution in [1.82, 2.24) is 28.9 Å². The third kappa shape index (κ3) is 6.88. The molecule has 0 N–H and O–H groups in total. The topological polar surface area (TPSA) is 138 Å². The maximum atomic E-state index is 12.8. The van der Waals surface area contributed by atoms with E-state index in [4.69, 9.17) is 23.2 Å². The van der Waals surface area contributed by atoms with Crippen LogP contribution in [-0.2, 0) is 12.8 Å². The second kappa shape index (κ2) is 13.0. The molecule has 2 heterocycles. The predicted octanol–water partition coefficient (Wildman–Crippen LogP) is 3.98. The molecule has 2 aromatic heterocycles. The minimum absolute atomic E-state index is 0.249. The Labute approximate surface area is 260 Å². The highest BCUT2D eigenvalue weighted by Gasteiger charge is 2.17. The molecule has 0 radical (unpaired) electrons. The largest absolute Gasteiger partial charge is 0.374 e. The van der Waals surface area contributed by atoms with Gasteiger partial charge in [-0.1, -0.05) is 71.7 Å². The van der Waals surface area contributed by atoms with E-state index in [0.717, 1.165) is 29.8 Å². The summed E-state index contributed by atoms with van der Waals surface area (Å²) in [6.07, 6.45) is 3.43. The Morgan fingerprint density at radius 2 is 0.977 bits per heavy atom. The van der Waals surface area contributed by atoms with E-state index in [1.54, 1.807) is 72.8 Å². The monoisotopic (exact) mass is 630 g/mol. The van der Waals surface area contributed by atoms with E-state index < -0.39 is 23.2 Å². The van der Waals surface area contributed by atoms with Crippen molar-refractivity contribution in [3.63, 3.8) is 0 Å². The average Bonchev–Trinajstić information content (AvgIpc) is 3.48. The van der Waals surface area contributed by atoms with E-state index in [-0.39, 0.29) is 24.5 Å². The quantitative estimate of drug-likeness (QED) is 0.238. The van der Waals surface area contributed by atoms with E-state index in [1.807, 2.05) is 0 Å². The lowest BCUT2D eigenvalue weighted by atomic mass is 10.1. The van der Waals surface area contributed by atoms with Gasteiger partial charge >= 0.3 is 11.4 Å². The number of halogens is 2. The molecule has 0 amide bonds. The third-order valence-electron chi connectivity index (χ3n) is 6.37. The second-order valence-corrected chi connectivity index (χ2v) is 10.5. The molecule has 0 aliphatic heterocycles. The first-order chi connectivity index (χ1) is 21.1. The molecule has 0 bridgehead atoms. The standard InChI is InChI=1S/C30H24Cl2N8O4/c1-19(41)37-29(43)39(27(35-37)15-21-7-11-25(31)12-8-21)33-17-23-3-5-24(6-4-23)18-34-40-28(36-38(20(2)42)30(40)44)16-22-9-13-26(32)14-10-22/h3-14,17-18H,15-16H2,1-2H3/b33-17+,34-18+. The van der Waals surface area contributed by atoms with E-state index in [9.17, 15) is 19.2 Å². The lowest BCUT2D eigenvalue weighted by molar-refractivity contribution is 0.0907. The van der Waals surface area contributed by atoms with Crippen LogP contribution >= 0.6 is 23.2 Å². The molecule has 0 unspecified atom stereocenters. The molecule has 0 aliphatic rings. The molecule has 0 fully saturated rings. The molecule has 0 saturated heterocycles. The number of nitrogens with zero attached hydrogens (tertiary/aromatic N) is 8. The van der Waals surface area contributed by atoms with Gasteiger partial charge < -0.3 is 0 Å². The summed E-state index contributed by atoms with van der Waals surface area (Å²) in [7, 11) is 0. The van der Waals surface area contributed by atoms with E-state index >= 15 is 0 Å². The van der Waals surface area contributed by atoms with Gasteiger partial charge in [0.05, 0.1) is 12.4 Å². The van der Waals surface area contributed by atoms with Crippen molar-refractivity contribution in [2.75, 3.05) is 0 Å². The smallest absolute Gasteiger partial charge is 0.273 e. The number of benzene rings is 3. The van der Waals surface area contributed by atoms with E-state index in [1.165, 1.54) is 26.3 Å². The van der Waals surface area contributed by atoms with Gasteiger partial charge in [0.1, 0.15) is 0 Å². The van der Waals surface area contributed by atoms with Gasteiger partial charge in [-0.15, -0.1) is 19.6 Å². The van der Waals surface area contributed by atoms with Crippen LogP contribution in [0.3, 0.4) is 0 Å². The summed E-state index contributed by atoms with van der Waals surface area (Å²) >= 11 is 11.9. The van der Waals surface area contributed by atoms with Crippen molar-refractivity contribution in [2.45, 2.75) is 26.7 Å². The van der Waals surface area contributed by atoms with Crippen molar-refractivity contribution in [1.29, 1.82) is 0 Å². The van der Waals surface area contributed by atoms with Gasteiger partial charge in [-0.05, 0) is 46.5 Å². The number of carbonyl (C=O) groups excluding carboxylic acids is 2. The molecule has 0 saturated carbocycles. The van der Waals surface area contributed by atoms with Crippen molar-refractivity contribution >= 4 is 47.4 Å². The van der Waals surface area contributed by atoms with Crippen molar-refractivity contribution in [3.05, 3.63) is 138 Å². The van der Waals surface area contributed by atoms with Gasteiger partial charge in [0.25, 0.3) is 0 Å². The summed E-state index contributed by atoms with van der Waals surface area (Å²) < 4.78 is 3.68. The number of hydrogen-bond acceptors (Lipinski definition) is 8. The van der Waals surface area contributed by atoms with Crippen LogP contribution in [0.2, 0.25) is 10.0 Å². The summed E-state index contributed by atoms with van der Waals surface area (Å²) in [5, 5.41) is 18.0. The normalized spacial score (nSPS) is 11.5. The molecule has 14 heteroatoms. The molecule has 0 aliphatic carbocycles. The summed E-state index contributed by atoms with van der Waals surface area (Å²) in [4.78, 5) is 49.5. The SMILES string of the molecule is CC(=O)n1nc(Cc2ccc(Cl)cc2)n(/N=C/c2ccc(/C=N/n3c(Cc4ccc(Cl)cc4)nn(C(C)=O)c3=O)cc2)c1=O. The van der Waals surface area contributed by atoms with Gasteiger partial charge in [-0.2, -0.15) is 19.6 Å². The highest BCUT2D eigenvalue weighted by Crippen LogP contribution is 2.14. The first-order valence-electron chi connectivity index (χ1n) is 13.2. The average molecular weight is 631 g/mol. The molecule has 0 spiro atoms. The summed E-state index contributed by atoms with van der Waals surface area (Å²) in [5.41, 5.74) is 1.58. The molecule has 0 atom stereocenters.